The number of hydrogen-bond donors (Lipinski definition) is 0. The average molecular weight is 267 g/mol. The van der Waals surface area contributed by atoms with Crippen LogP contribution < -0.4 is 0 Å². The van der Waals surface area contributed by atoms with Crippen LogP contribution in [0.15, 0.2) is 24.3 Å². The minimum absolute atomic E-state index is 0.00836. The van der Waals surface area contributed by atoms with Crippen LogP contribution in [0.4, 0.5) is 0 Å². The Bertz CT molecular complexity index is 429. The fraction of sp³-hybridized carbons (Fsp3) is 0.400. The first kappa shape index (κ1) is 12.8. The smallest absolute Gasteiger partial charge is 0.212 e. The molecule has 0 saturated heterocycles. The number of benzene rings is 1. The van der Waals surface area contributed by atoms with Gasteiger partial charge in [-0.25, -0.2) is 8.42 Å². The van der Waals surface area contributed by atoms with E-state index in [-0.39, 0.29) is 11.7 Å². The van der Waals surface area contributed by atoms with Crippen molar-refractivity contribution in [3.05, 3.63) is 34.9 Å². The summed E-state index contributed by atoms with van der Waals surface area (Å²) in [7, 11) is 1.76. The summed E-state index contributed by atoms with van der Waals surface area (Å²) in [6.07, 6.45) is 0.659. The molecule has 5 heteroatoms. The van der Waals surface area contributed by atoms with E-state index in [0.29, 0.717) is 11.4 Å². The molecule has 1 aromatic carbocycles. The molecule has 0 aromatic heterocycles. The SMILES string of the molecule is CC(Cc1cccc(Cl)c1)CS(=O)(=O)Cl. The first-order valence-corrected chi connectivity index (χ1v) is 7.39. The van der Waals surface area contributed by atoms with Crippen LogP contribution in [0.5, 0.6) is 0 Å². The maximum absolute atomic E-state index is 10.8. The Morgan fingerprint density at radius 2 is 2.07 bits per heavy atom. The lowest BCUT2D eigenvalue weighted by Gasteiger charge is -2.09. The van der Waals surface area contributed by atoms with Crippen LogP contribution in [-0.2, 0) is 15.5 Å². The molecule has 0 heterocycles. The van der Waals surface area contributed by atoms with Crippen molar-refractivity contribution >= 4 is 31.3 Å². The minimum atomic E-state index is -3.41. The minimum Gasteiger partial charge on any atom is -0.212 e. The van der Waals surface area contributed by atoms with Gasteiger partial charge in [0.1, 0.15) is 0 Å². The first-order chi connectivity index (χ1) is 6.87. The van der Waals surface area contributed by atoms with Gasteiger partial charge in [0, 0.05) is 15.7 Å². The standard InChI is InChI=1S/C10H12Cl2O2S/c1-8(7-15(12,13)14)5-9-3-2-4-10(11)6-9/h2-4,6,8H,5,7H2,1H3. The molecule has 15 heavy (non-hydrogen) atoms. The second kappa shape index (κ2) is 5.19. The first-order valence-electron chi connectivity index (χ1n) is 4.53. The van der Waals surface area contributed by atoms with Crippen molar-refractivity contribution in [1.82, 2.24) is 0 Å². The molecule has 0 aliphatic rings. The van der Waals surface area contributed by atoms with Crippen LogP contribution in [0, 0.1) is 5.92 Å². The van der Waals surface area contributed by atoms with Crippen LogP contribution in [0.1, 0.15) is 12.5 Å². The van der Waals surface area contributed by atoms with E-state index in [0.717, 1.165) is 5.56 Å². The van der Waals surface area contributed by atoms with Crippen molar-refractivity contribution in [2.75, 3.05) is 5.75 Å². The highest BCUT2D eigenvalue weighted by molar-refractivity contribution is 8.13. The molecule has 1 rings (SSSR count). The van der Waals surface area contributed by atoms with Crippen molar-refractivity contribution in [3.63, 3.8) is 0 Å². The predicted molar refractivity (Wildman–Crippen MR) is 64.0 cm³/mol. The van der Waals surface area contributed by atoms with Crippen LogP contribution in [0.3, 0.4) is 0 Å². The van der Waals surface area contributed by atoms with Gasteiger partial charge in [0.25, 0.3) is 0 Å². The lowest BCUT2D eigenvalue weighted by molar-refractivity contribution is 0.582. The summed E-state index contributed by atoms with van der Waals surface area (Å²) in [5, 5.41) is 0.661. The van der Waals surface area contributed by atoms with Crippen molar-refractivity contribution < 1.29 is 8.42 Å². The number of rotatable bonds is 4. The summed E-state index contributed by atoms with van der Waals surface area (Å²) >= 11 is 5.82. The molecule has 1 atom stereocenters. The highest BCUT2D eigenvalue weighted by atomic mass is 35.7. The lowest BCUT2D eigenvalue weighted by Crippen LogP contribution is -2.11. The molecule has 0 radical (unpaired) electrons. The van der Waals surface area contributed by atoms with E-state index < -0.39 is 9.05 Å². The van der Waals surface area contributed by atoms with E-state index >= 15 is 0 Å². The molecular formula is C10H12Cl2O2S. The monoisotopic (exact) mass is 266 g/mol. The van der Waals surface area contributed by atoms with Crippen molar-refractivity contribution in [2.45, 2.75) is 13.3 Å². The molecule has 0 fully saturated rings. The van der Waals surface area contributed by atoms with Gasteiger partial charge < -0.3 is 0 Å². The Kier molecular flexibility index (Phi) is 4.44. The Labute approximate surface area is 99.6 Å². The summed E-state index contributed by atoms with van der Waals surface area (Å²) in [4.78, 5) is 0. The zero-order chi connectivity index (χ0) is 11.5. The van der Waals surface area contributed by atoms with Crippen LogP contribution >= 0.6 is 22.3 Å². The Hall–Kier alpha value is -0.250. The van der Waals surface area contributed by atoms with Crippen molar-refractivity contribution in [3.8, 4) is 0 Å². The van der Waals surface area contributed by atoms with E-state index in [1.807, 2.05) is 25.1 Å². The van der Waals surface area contributed by atoms with E-state index in [2.05, 4.69) is 0 Å². The molecule has 2 nitrogen and oxygen atoms in total. The van der Waals surface area contributed by atoms with Gasteiger partial charge in [-0.3, -0.25) is 0 Å². The third-order valence-corrected chi connectivity index (χ3v) is 3.54. The van der Waals surface area contributed by atoms with Crippen molar-refractivity contribution in [1.29, 1.82) is 0 Å². The molecule has 0 amide bonds. The number of hydrogen-bond acceptors (Lipinski definition) is 2. The average Bonchev–Trinajstić information content (AvgIpc) is 1.99. The van der Waals surface area contributed by atoms with Gasteiger partial charge in [0.05, 0.1) is 5.75 Å². The highest BCUT2D eigenvalue weighted by Gasteiger charge is 2.13. The summed E-state index contributed by atoms with van der Waals surface area (Å²) in [6.45, 7) is 1.85. The molecular weight excluding hydrogens is 255 g/mol. The normalized spacial score (nSPS) is 13.8. The molecule has 0 aliphatic heterocycles. The van der Waals surface area contributed by atoms with E-state index in [1.165, 1.54) is 0 Å². The van der Waals surface area contributed by atoms with E-state index in [9.17, 15) is 8.42 Å². The summed E-state index contributed by atoms with van der Waals surface area (Å²) in [6, 6.07) is 7.38. The lowest BCUT2D eigenvalue weighted by atomic mass is 10.0. The zero-order valence-electron chi connectivity index (χ0n) is 8.28. The molecule has 84 valence electrons. The summed E-state index contributed by atoms with van der Waals surface area (Å²) in [5.74, 6) is -0.0212. The zero-order valence-corrected chi connectivity index (χ0v) is 10.6. The second-order valence-corrected chi connectivity index (χ2v) is 6.90. The molecule has 0 aliphatic carbocycles. The third kappa shape index (κ3) is 5.40. The van der Waals surface area contributed by atoms with Crippen LogP contribution in [-0.4, -0.2) is 14.2 Å². The topological polar surface area (TPSA) is 34.1 Å². The van der Waals surface area contributed by atoms with E-state index in [4.69, 9.17) is 22.3 Å². The van der Waals surface area contributed by atoms with Gasteiger partial charge in [-0.15, -0.1) is 0 Å². The fourth-order valence-electron chi connectivity index (χ4n) is 1.47. The number of halogens is 2. The van der Waals surface area contributed by atoms with Crippen LogP contribution in [0.2, 0.25) is 5.02 Å². The maximum atomic E-state index is 10.8. The molecule has 1 unspecified atom stereocenters. The maximum Gasteiger partial charge on any atom is 0.232 e. The van der Waals surface area contributed by atoms with Gasteiger partial charge in [-0.05, 0) is 30.0 Å². The Morgan fingerprint density at radius 3 is 2.60 bits per heavy atom. The van der Waals surface area contributed by atoms with Gasteiger partial charge in [0.15, 0.2) is 0 Å². The molecule has 0 spiro atoms. The second-order valence-electron chi connectivity index (χ2n) is 3.64. The van der Waals surface area contributed by atoms with Crippen molar-refractivity contribution in [2.24, 2.45) is 5.92 Å². The Balaban J connectivity index is 2.63. The summed E-state index contributed by atoms with van der Waals surface area (Å²) < 4.78 is 21.7. The quantitative estimate of drug-likeness (QED) is 0.785. The third-order valence-electron chi connectivity index (χ3n) is 1.96. The van der Waals surface area contributed by atoms with Gasteiger partial charge in [-0.1, -0.05) is 30.7 Å². The molecule has 1 aromatic rings. The summed E-state index contributed by atoms with van der Waals surface area (Å²) in [5.41, 5.74) is 1.02. The molecule has 0 saturated carbocycles. The largest absolute Gasteiger partial charge is 0.232 e. The molecule has 0 N–H and O–H groups in total. The van der Waals surface area contributed by atoms with Gasteiger partial charge >= 0.3 is 0 Å². The predicted octanol–water partition coefficient (Wildman–Crippen LogP) is 3.09. The molecule has 0 bridgehead atoms. The fourth-order valence-corrected chi connectivity index (χ4v) is 3.12. The highest BCUT2D eigenvalue weighted by Crippen LogP contribution is 2.16. The van der Waals surface area contributed by atoms with E-state index in [1.54, 1.807) is 6.07 Å². The van der Waals surface area contributed by atoms with Crippen LogP contribution in [0.25, 0.3) is 0 Å². The van der Waals surface area contributed by atoms with Gasteiger partial charge in [0.2, 0.25) is 9.05 Å². The van der Waals surface area contributed by atoms with Gasteiger partial charge in [-0.2, -0.15) is 0 Å². The Morgan fingerprint density at radius 1 is 1.40 bits per heavy atom.